The highest BCUT2D eigenvalue weighted by molar-refractivity contribution is 6.32. The summed E-state index contributed by atoms with van der Waals surface area (Å²) >= 11 is 0. The van der Waals surface area contributed by atoms with Crippen LogP contribution in [0.15, 0.2) is 6.20 Å². The van der Waals surface area contributed by atoms with Gasteiger partial charge in [-0.1, -0.05) is 0 Å². The number of rotatable bonds is 2. The Balaban J connectivity index is 1.60. The number of carbonyl (C=O) groups is 3. The van der Waals surface area contributed by atoms with Gasteiger partial charge in [-0.05, 0) is 26.2 Å². The van der Waals surface area contributed by atoms with E-state index < -0.39 is 11.9 Å². The molecular weight excluding hydrogens is 312 g/mol. The number of hydrogen-bond acceptors (Lipinski definition) is 5. The van der Waals surface area contributed by atoms with Crippen LogP contribution in [0.25, 0.3) is 0 Å². The highest BCUT2D eigenvalue weighted by Gasteiger charge is 2.30. The zero-order valence-electron chi connectivity index (χ0n) is 13.9. The number of nitrogens with zero attached hydrogens (tertiary/aromatic N) is 4. The molecule has 0 spiro atoms. The van der Waals surface area contributed by atoms with Gasteiger partial charge in [-0.2, -0.15) is 5.10 Å². The van der Waals surface area contributed by atoms with E-state index in [0.29, 0.717) is 31.7 Å². The molecule has 130 valence electrons. The predicted octanol–water partition coefficient (Wildman–Crippen LogP) is 0.0669. The summed E-state index contributed by atoms with van der Waals surface area (Å²) in [6.07, 6.45) is 4.70. The maximum absolute atomic E-state index is 12.7. The molecule has 3 heterocycles. The first-order valence-electron chi connectivity index (χ1n) is 8.41. The van der Waals surface area contributed by atoms with E-state index in [0.717, 1.165) is 31.5 Å². The minimum absolute atomic E-state index is 0.0404. The summed E-state index contributed by atoms with van der Waals surface area (Å²) in [5.41, 5.74) is 1.68. The first-order valence-corrected chi connectivity index (χ1v) is 8.41. The largest absolute Gasteiger partial charge is 0.459 e. The van der Waals surface area contributed by atoms with E-state index in [9.17, 15) is 14.4 Å². The lowest BCUT2D eigenvalue weighted by atomic mass is 10.1. The summed E-state index contributed by atoms with van der Waals surface area (Å²) in [4.78, 5) is 39.3. The van der Waals surface area contributed by atoms with Gasteiger partial charge < -0.3 is 14.5 Å². The molecule has 0 N–H and O–H groups in total. The van der Waals surface area contributed by atoms with Gasteiger partial charge in [0, 0.05) is 32.7 Å². The molecule has 0 aromatic carbocycles. The molecule has 0 aliphatic carbocycles. The Hall–Kier alpha value is -2.38. The van der Waals surface area contributed by atoms with E-state index in [4.69, 9.17) is 4.74 Å². The van der Waals surface area contributed by atoms with E-state index in [1.54, 1.807) is 18.0 Å². The number of ether oxygens (including phenoxy) is 1. The lowest BCUT2D eigenvalue weighted by Crippen LogP contribution is -2.52. The van der Waals surface area contributed by atoms with Gasteiger partial charge in [0.25, 0.3) is 5.91 Å². The van der Waals surface area contributed by atoms with Crippen LogP contribution in [-0.2, 0) is 27.3 Å². The monoisotopic (exact) mass is 334 g/mol. The molecule has 1 saturated heterocycles. The molecule has 8 nitrogen and oxygen atoms in total. The van der Waals surface area contributed by atoms with Crippen LogP contribution in [0, 0.1) is 0 Å². The van der Waals surface area contributed by atoms with Crippen LogP contribution in [0.3, 0.4) is 0 Å². The van der Waals surface area contributed by atoms with Gasteiger partial charge >= 0.3 is 11.9 Å². The molecular formula is C16H22N4O4. The molecule has 0 radical (unpaired) electrons. The van der Waals surface area contributed by atoms with Crippen LogP contribution in [-0.4, -0.2) is 70.1 Å². The number of hydrogen-bond donors (Lipinski definition) is 0. The lowest BCUT2D eigenvalue weighted by molar-refractivity contribution is -0.160. The summed E-state index contributed by atoms with van der Waals surface area (Å²) in [7, 11) is 0. The number of fused-ring (bicyclic) bond motifs is 1. The SMILES string of the molecule is CCOC(=O)C(=O)N1CCN(C(=O)c2cnn3c2CCCC3)CC1. The normalized spacial score (nSPS) is 17.4. The second kappa shape index (κ2) is 7.02. The third-order valence-electron chi connectivity index (χ3n) is 4.52. The Bertz CT molecular complexity index is 647. The van der Waals surface area contributed by atoms with Crippen LogP contribution in [0.5, 0.6) is 0 Å². The quantitative estimate of drug-likeness (QED) is 0.564. The van der Waals surface area contributed by atoms with Crippen molar-refractivity contribution < 1.29 is 19.1 Å². The zero-order valence-corrected chi connectivity index (χ0v) is 13.9. The molecule has 2 aliphatic rings. The fraction of sp³-hybridized carbons (Fsp3) is 0.625. The molecule has 1 aromatic heterocycles. The van der Waals surface area contributed by atoms with Gasteiger partial charge in [-0.25, -0.2) is 4.79 Å². The van der Waals surface area contributed by atoms with Crippen LogP contribution < -0.4 is 0 Å². The molecule has 0 unspecified atom stereocenters. The molecule has 0 bridgehead atoms. The van der Waals surface area contributed by atoms with Crippen LogP contribution >= 0.6 is 0 Å². The van der Waals surface area contributed by atoms with Crippen molar-refractivity contribution in [3.8, 4) is 0 Å². The minimum atomic E-state index is -0.831. The van der Waals surface area contributed by atoms with Crippen molar-refractivity contribution in [2.45, 2.75) is 32.7 Å². The number of aromatic nitrogens is 2. The first-order chi connectivity index (χ1) is 11.6. The second-order valence-corrected chi connectivity index (χ2v) is 5.99. The summed E-state index contributed by atoms with van der Waals surface area (Å²) < 4.78 is 6.64. The highest BCUT2D eigenvalue weighted by Crippen LogP contribution is 2.20. The zero-order chi connectivity index (χ0) is 17.1. The van der Waals surface area contributed by atoms with Gasteiger partial charge in [-0.15, -0.1) is 0 Å². The summed E-state index contributed by atoms with van der Waals surface area (Å²) in [6, 6.07) is 0. The molecule has 2 aliphatic heterocycles. The summed E-state index contributed by atoms with van der Waals surface area (Å²) in [5.74, 6) is -1.50. The topological polar surface area (TPSA) is 84.7 Å². The van der Waals surface area contributed by atoms with E-state index in [1.807, 2.05) is 4.68 Å². The van der Waals surface area contributed by atoms with Gasteiger partial charge in [-0.3, -0.25) is 14.3 Å². The maximum Gasteiger partial charge on any atom is 0.397 e. The minimum Gasteiger partial charge on any atom is -0.459 e. The molecule has 1 fully saturated rings. The smallest absolute Gasteiger partial charge is 0.397 e. The number of piperazine rings is 1. The maximum atomic E-state index is 12.7. The summed E-state index contributed by atoms with van der Waals surface area (Å²) in [5, 5.41) is 4.30. The van der Waals surface area contributed by atoms with Crippen molar-refractivity contribution >= 4 is 17.8 Å². The molecule has 2 amide bonds. The van der Waals surface area contributed by atoms with Gasteiger partial charge in [0.2, 0.25) is 0 Å². The van der Waals surface area contributed by atoms with E-state index in [2.05, 4.69) is 5.10 Å². The van der Waals surface area contributed by atoms with Crippen molar-refractivity contribution in [3.05, 3.63) is 17.5 Å². The number of amides is 2. The number of esters is 1. The summed E-state index contributed by atoms with van der Waals surface area (Å²) in [6.45, 7) is 4.21. The molecule has 24 heavy (non-hydrogen) atoms. The average Bonchev–Trinajstić information content (AvgIpc) is 3.05. The third-order valence-corrected chi connectivity index (χ3v) is 4.52. The molecule has 3 rings (SSSR count). The van der Waals surface area contributed by atoms with Crippen LogP contribution in [0.4, 0.5) is 0 Å². The fourth-order valence-electron chi connectivity index (χ4n) is 3.20. The fourth-order valence-corrected chi connectivity index (χ4v) is 3.20. The highest BCUT2D eigenvalue weighted by atomic mass is 16.5. The lowest BCUT2D eigenvalue weighted by Gasteiger charge is -2.34. The van der Waals surface area contributed by atoms with Crippen molar-refractivity contribution in [3.63, 3.8) is 0 Å². The van der Waals surface area contributed by atoms with Gasteiger partial charge in [0.05, 0.1) is 24.1 Å². The van der Waals surface area contributed by atoms with E-state index >= 15 is 0 Å². The Labute approximate surface area is 140 Å². The standard InChI is InChI=1S/C16H22N4O4/c1-2-24-16(23)15(22)19-9-7-18(8-10-19)14(21)12-11-17-20-6-4-3-5-13(12)20/h11H,2-10H2,1H3. The van der Waals surface area contributed by atoms with Crippen molar-refractivity contribution in [2.24, 2.45) is 0 Å². The van der Waals surface area contributed by atoms with Crippen LogP contribution in [0.2, 0.25) is 0 Å². The van der Waals surface area contributed by atoms with E-state index in [1.165, 1.54) is 4.90 Å². The molecule has 0 atom stereocenters. The van der Waals surface area contributed by atoms with E-state index in [-0.39, 0.29) is 12.5 Å². The molecule has 8 heteroatoms. The van der Waals surface area contributed by atoms with Crippen molar-refractivity contribution in [1.82, 2.24) is 19.6 Å². The Morgan fingerprint density at radius 3 is 2.50 bits per heavy atom. The van der Waals surface area contributed by atoms with Gasteiger partial charge in [0.15, 0.2) is 0 Å². The average molecular weight is 334 g/mol. The Morgan fingerprint density at radius 2 is 1.79 bits per heavy atom. The number of aryl methyl sites for hydroxylation is 1. The predicted molar refractivity (Wildman–Crippen MR) is 84.3 cm³/mol. The third kappa shape index (κ3) is 3.13. The van der Waals surface area contributed by atoms with Crippen molar-refractivity contribution in [1.29, 1.82) is 0 Å². The van der Waals surface area contributed by atoms with Crippen LogP contribution in [0.1, 0.15) is 35.8 Å². The molecule has 0 saturated carbocycles. The number of carbonyl (C=O) groups excluding carboxylic acids is 3. The van der Waals surface area contributed by atoms with Crippen molar-refractivity contribution in [2.75, 3.05) is 32.8 Å². The first kappa shape index (κ1) is 16.5. The molecule has 1 aromatic rings. The second-order valence-electron chi connectivity index (χ2n) is 5.99. The van der Waals surface area contributed by atoms with Gasteiger partial charge in [0.1, 0.15) is 0 Å². The Morgan fingerprint density at radius 1 is 1.08 bits per heavy atom. The Kier molecular flexibility index (Phi) is 4.82.